The summed E-state index contributed by atoms with van der Waals surface area (Å²) < 4.78 is 24.7. The van der Waals surface area contributed by atoms with E-state index < -0.39 is 24.5 Å². The Bertz CT molecular complexity index is 235. The zero-order valence-corrected chi connectivity index (χ0v) is 14.8. The van der Waals surface area contributed by atoms with Gasteiger partial charge in [-0.2, -0.15) is 0 Å². The first-order valence-electron chi connectivity index (χ1n) is 6.32. The monoisotopic (exact) mass is 301 g/mol. The van der Waals surface area contributed by atoms with Crippen molar-refractivity contribution >= 4 is 41.5 Å². The van der Waals surface area contributed by atoms with Crippen LogP contribution in [0.2, 0.25) is 0 Å². The summed E-state index contributed by atoms with van der Waals surface area (Å²) in [6, 6.07) is 0. The Balaban J connectivity index is 0. The number of hydrogen-bond donors (Lipinski definition) is 0. The van der Waals surface area contributed by atoms with Crippen LogP contribution in [-0.2, 0) is 33.3 Å². The van der Waals surface area contributed by atoms with Gasteiger partial charge in [0.2, 0.25) is 0 Å². The minimum absolute atomic E-state index is 0. The molecule has 7 nitrogen and oxygen atoms in total. The number of hydrogen-bond acceptors (Lipinski definition) is 7. The van der Waals surface area contributed by atoms with Crippen molar-refractivity contribution in [2.75, 3.05) is 26.4 Å². The van der Waals surface area contributed by atoms with Crippen LogP contribution in [0, 0.1) is 0 Å². The number of esters is 2. The molecule has 8 heteroatoms. The molecule has 0 rings (SSSR count). The summed E-state index contributed by atoms with van der Waals surface area (Å²) >= 11 is 0. The summed E-state index contributed by atoms with van der Waals surface area (Å²) in [5.74, 6) is -1.84. The third kappa shape index (κ3) is 9.02. The quantitative estimate of drug-likeness (QED) is 0.251. The molecular formula is C12H22NaO7. The first-order chi connectivity index (χ1) is 9.10. The molecule has 0 saturated carbocycles. The fourth-order valence-corrected chi connectivity index (χ4v) is 1.17. The van der Waals surface area contributed by atoms with Crippen molar-refractivity contribution in [2.24, 2.45) is 0 Å². The maximum Gasteiger partial charge on any atom is 0.371 e. The summed E-state index contributed by atoms with van der Waals surface area (Å²) in [6.45, 7) is 7.83. The minimum atomic E-state index is -1.22. The third-order valence-corrected chi connectivity index (χ3v) is 1.86. The largest absolute Gasteiger partial charge is 0.386 e. The van der Waals surface area contributed by atoms with Gasteiger partial charge >= 0.3 is 11.9 Å². The van der Waals surface area contributed by atoms with Crippen molar-refractivity contribution in [3.63, 3.8) is 0 Å². The van der Waals surface area contributed by atoms with E-state index in [1.165, 1.54) is 0 Å². The molecule has 0 spiro atoms. The van der Waals surface area contributed by atoms with Gasteiger partial charge < -0.3 is 23.7 Å². The van der Waals surface area contributed by atoms with Gasteiger partial charge in [-0.25, -0.2) is 9.59 Å². The van der Waals surface area contributed by atoms with E-state index in [2.05, 4.69) is 4.74 Å². The average Bonchev–Trinajstić information content (AvgIpc) is 2.38. The predicted octanol–water partition coefficient (Wildman–Crippen LogP) is 0.474. The summed E-state index contributed by atoms with van der Waals surface area (Å²) in [5, 5.41) is 0. The van der Waals surface area contributed by atoms with Gasteiger partial charge in [-0.3, -0.25) is 0 Å². The maximum absolute atomic E-state index is 11.6. The summed E-state index contributed by atoms with van der Waals surface area (Å²) in [6.07, 6.45) is -2.44. The molecule has 0 amide bonds. The topological polar surface area (TPSA) is 80.3 Å². The molecule has 0 aromatic carbocycles. The van der Waals surface area contributed by atoms with E-state index in [0.717, 1.165) is 0 Å². The van der Waals surface area contributed by atoms with Gasteiger partial charge in [0.25, 0.3) is 12.6 Å². The van der Waals surface area contributed by atoms with Crippen LogP contribution >= 0.6 is 0 Å². The molecule has 0 unspecified atom stereocenters. The number of carbonyl (C=O) groups is 2. The second-order valence-corrected chi connectivity index (χ2v) is 3.23. The van der Waals surface area contributed by atoms with Gasteiger partial charge in [-0.15, -0.1) is 0 Å². The van der Waals surface area contributed by atoms with E-state index in [1.54, 1.807) is 27.7 Å². The van der Waals surface area contributed by atoms with Crippen molar-refractivity contribution < 1.29 is 33.3 Å². The van der Waals surface area contributed by atoms with E-state index in [9.17, 15) is 9.59 Å². The Kier molecular flexibility index (Phi) is 15.5. The zero-order chi connectivity index (χ0) is 14.7. The van der Waals surface area contributed by atoms with Crippen molar-refractivity contribution in [3.05, 3.63) is 0 Å². The first-order valence-corrected chi connectivity index (χ1v) is 6.32. The van der Waals surface area contributed by atoms with E-state index in [1.807, 2.05) is 0 Å². The SMILES string of the molecule is CCOC(OCC)C(=O)OC(=O)C(OCC)OCC.[Na]. The van der Waals surface area contributed by atoms with Crippen molar-refractivity contribution in [1.82, 2.24) is 0 Å². The van der Waals surface area contributed by atoms with E-state index in [-0.39, 0.29) is 56.0 Å². The normalized spacial score (nSPS) is 10.5. The van der Waals surface area contributed by atoms with Crippen molar-refractivity contribution in [2.45, 2.75) is 40.3 Å². The molecule has 0 atom stereocenters. The molecule has 0 aromatic rings. The standard InChI is InChI=1S/C12H22O7.Na/c1-5-15-11(16-6-2)9(13)19-10(14)12(17-7-3)18-8-4;/h11-12H,5-8H2,1-4H3;. The molecule has 0 aromatic heterocycles. The molecule has 20 heavy (non-hydrogen) atoms. The Morgan fingerprint density at radius 3 is 1.15 bits per heavy atom. The van der Waals surface area contributed by atoms with E-state index in [4.69, 9.17) is 18.9 Å². The van der Waals surface area contributed by atoms with Crippen LogP contribution in [0.3, 0.4) is 0 Å². The Morgan fingerprint density at radius 2 is 0.950 bits per heavy atom. The fourth-order valence-electron chi connectivity index (χ4n) is 1.17. The van der Waals surface area contributed by atoms with Gasteiger partial charge in [-0.05, 0) is 27.7 Å². The van der Waals surface area contributed by atoms with Crippen LogP contribution in [0.15, 0.2) is 0 Å². The van der Waals surface area contributed by atoms with Gasteiger partial charge in [0.05, 0.1) is 0 Å². The smallest absolute Gasteiger partial charge is 0.371 e. The molecule has 0 saturated heterocycles. The second-order valence-electron chi connectivity index (χ2n) is 3.23. The van der Waals surface area contributed by atoms with E-state index >= 15 is 0 Å². The second kappa shape index (κ2) is 13.9. The van der Waals surface area contributed by atoms with Crippen LogP contribution in [0.25, 0.3) is 0 Å². The minimum Gasteiger partial charge on any atom is -0.386 e. The number of rotatable bonds is 10. The number of carbonyl (C=O) groups excluding carboxylic acids is 2. The molecule has 0 aliphatic carbocycles. The van der Waals surface area contributed by atoms with Gasteiger partial charge in [0, 0.05) is 56.0 Å². The predicted molar refractivity (Wildman–Crippen MR) is 70.9 cm³/mol. The van der Waals surface area contributed by atoms with Crippen LogP contribution in [0.4, 0.5) is 0 Å². The molecule has 0 heterocycles. The van der Waals surface area contributed by atoms with Gasteiger partial charge in [-0.1, -0.05) is 0 Å². The van der Waals surface area contributed by atoms with Crippen LogP contribution in [-0.4, -0.2) is 80.5 Å². The average molecular weight is 301 g/mol. The Hall–Kier alpha value is -0.0200. The number of ether oxygens (including phenoxy) is 5. The molecule has 0 N–H and O–H groups in total. The Labute approximate surface area is 141 Å². The van der Waals surface area contributed by atoms with Crippen molar-refractivity contribution in [1.29, 1.82) is 0 Å². The molecule has 0 aliphatic rings. The molecule has 0 aliphatic heterocycles. The summed E-state index contributed by atoms with van der Waals surface area (Å²) in [7, 11) is 0. The van der Waals surface area contributed by atoms with Crippen molar-refractivity contribution in [3.8, 4) is 0 Å². The summed E-state index contributed by atoms with van der Waals surface area (Å²) in [5.41, 5.74) is 0. The van der Waals surface area contributed by atoms with Crippen LogP contribution < -0.4 is 0 Å². The molecule has 113 valence electrons. The van der Waals surface area contributed by atoms with Crippen LogP contribution in [0.1, 0.15) is 27.7 Å². The summed E-state index contributed by atoms with van der Waals surface area (Å²) in [4.78, 5) is 23.3. The zero-order valence-electron chi connectivity index (χ0n) is 12.8. The molecule has 0 bridgehead atoms. The molecular weight excluding hydrogens is 279 g/mol. The van der Waals surface area contributed by atoms with E-state index in [0.29, 0.717) is 0 Å². The first kappa shape index (κ1) is 22.3. The van der Waals surface area contributed by atoms with Crippen LogP contribution in [0.5, 0.6) is 0 Å². The Morgan fingerprint density at radius 1 is 0.700 bits per heavy atom. The van der Waals surface area contributed by atoms with Gasteiger partial charge in [0.1, 0.15) is 0 Å². The molecule has 0 fully saturated rings. The maximum atomic E-state index is 11.6. The fraction of sp³-hybridized carbons (Fsp3) is 0.833. The third-order valence-electron chi connectivity index (χ3n) is 1.86. The molecule has 1 radical (unpaired) electrons. The van der Waals surface area contributed by atoms with Gasteiger partial charge in [0.15, 0.2) is 0 Å².